The van der Waals surface area contributed by atoms with Crippen LogP contribution in [0.15, 0.2) is 73.3 Å². The number of para-hydroxylation sites is 2. The quantitative estimate of drug-likeness (QED) is 0.781. The fourth-order valence-electron chi connectivity index (χ4n) is 3.67. The lowest BCUT2D eigenvalue weighted by atomic mass is 9.94. The van der Waals surface area contributed by atoms with Crippen molar-refractivity contribution in [2.75, 3.05) is 22.9 Å². The molecule has 1 amide bonds. The summed E-state index contributed by atoms with van der Waals surface area (Å²) >= 11 is 0. The fourth-order valence-corrected chi connectivity index (χ4v) is 3.67. The number of fused-ring (bicyclic) bond motifs is 5. The smallest absolute Gasteiger partial charge is 0.250 e. The molecule has 0 aliphatic carbocycles. The Kier molecular flexibility index (Phi) is 3.69. The van der Waals surface area contributed by atoms with E-state index in [2.05, 4.69) is 47.9 Å². The highest BCUT2D eigenvalue weighted by Gasteiger charge is 2.35. The number of nitrogens with zero attached hydrogens (tertiary/aromatic N) is 2. The van der Waals surface area contributed by atoms with Crippen LogP contribution in [0, 0.1) is 0 Å². The predicted octanol–water partition coefficient (Wildman–Crippen LogP) is 4.02. The molecule has 2 aromatic carbocycles. The number of benzene rings is 2. The maximum absolute atomic E-state index is 13.3. The lowest BCUT2D eigenvalue weighted by Crippen LogP contribution is -2.51. The van der Waals surface area contributed by atoms with Crippen molar-refractivity contribution < 1.29 is 4.79 Å². The summed E-state index contributed by atoms with van der Waals surface area (Å²) < 4.78 is 0. The van der Waals surface area contributed by atoms with E-state index < -0.39 is 0 Å². The second kappa shape index (κ2) is 6.00. The van der Waals surface area contributed by atoms with Gasteiger partial charge in [0, 0.05) is 29.9 Å². The Morgan fingerprint density at radius 2 is 1.67 bits per heavy atom. The second-order valence-electron chi connectivity index (χ2n) is 6.15. The first-order valence-corrected chi connectivity index (χ1v) is 8.33. The molecule has 2 heterocycles. The van der Waals surface area contributed by atoms with Crippen LogP contribution in [-0.4, -0.2) is 25.0 Å². The molecule has 0 fully saturated rings. The van der Waals surface area contributed by atoms with Gasteiger partial charge in [-0.25, -0.2) is 0 Å². The van der Waals surface area contributed by atoms with Crippen molar-refractivity contribution in [3.8, 4) is 11.1 Å². The van der Waals surface area contributed by atoms with E-state index in [-0.39, 0.29) is 11.9 Å². The van der Waals surface area contributed by atoms with Crippen LogP contribution < -0.4 is 9.80 Å². The largest absolute Gasteiger partial charge is 0.355 e. The molecular weight excluding hydrogens is 296 g/mol. The highest BCUT2D eigenvalue weighted by atomic mass is 16.2. The van der Waals surface area contributed by atoms with Crippen LogP contribution in [0.1, 0.15) is 6.42 Å². The first-order valence-electron chi connectivity index (χ1n) is 8.33. The number of anilines is 2. The van der Waals surface area contributed by atoms with Crippen molar-refractivity contribution in [1.29, 1.82) is 0 Å². The predicted molar refractivity (Wildman–Crippen MR) is 99.3 cm³/mol. The van der Waals surface area contributed by atoms with Crippen molar-refractivity contribution >= 4 is 17.3 Å². The standard InChI is InChI=1S/C21H20N2O/c1-2-14-23-19-12-6-4-10-17(19)16-9-3-5-11-18(16)22-15-8-7-13-20(22)21(23)24/h2-12,20H,1,13-15H2. The Morgan fingerprint density at radius 1 is 1.00 bits per heavy atom. The summed E-state index contributed by atoms with van der Waals surface area (Å²) in [6.45, 7) is 5.12. The minimum atomic E-state index is -0.163. The molecule has 4 rings (SSSR count). The Hall–Kier alpha value is -2.81. The van der Waals surface area contributed by atoms with Gasteiger partial charge in [0.05, 0.1) is 5.69 Å². The van der Waals surface area contributed by atoms with E-state index in [0.717, 1.165) is 29.9 Å². The molecule has 0 N–H and O–H groups in total. The first kappa shape index (κ1) is 14.8. The molecule has 120 valence electrons. The lowest BCUT2D eigenvalue weighted by molar-refractivity contribution is -0.119. The minimum Gasteiger partial charge on any atom is -0.355 e. The Labute approximate surface area is 142 Å². The van der Waals surface area contributed by atoms with Gasteiger partial charge in [0.2, 0.25) is 5.91 Å². The Morgan fingerprint density at radius 3 is 2.42 bits per heavy atom. The molecule has 2 aliphatic heterocycles. The molecule has 24 heavy (non-hydrogen) atoms. The monoisotopic (exact) mass is 316 g/mol. The molecule has 0 saturated carbocycles. The van der Waals surface area contributed by atoms with Gasteiger partial charge in [0.1, 0.15) is 6.04 Å². The van der Waals surface area contributed by atoms with E-state index >= 15 is 0 Å². The van der Waals surface area contributed by atoms with Crippen LogP contribution in [0.3, 0.4) is 0 Å². The zero-order valence-corrected chi connectivity index (χ0v) is 13.6. The summed E-state index contributed by atoms with van der Waals surface area (Å²) in [7, 11) is 0. The molecule has 0 radical (unpaired) electrons. The van der Waals surface area contributed by atoms with E-state index in [4.69, 9.17) is 0 Å². The number of carbonyl (C=O) groups is 1. The number of hydrogen-bond acceptors (Lipinski definition) is 2. The van der Waals surface area contributed by atoms with E-state index in [9.17, 15) is 4.79 Å². The zero-order valence-electron chi connectivity index (χ0n) is 13.6. The Balaban J connectivity index is 2.00. The van der Waals surface area contributed by atoms with Crippen LogP contribution in [0.4, 0.5) is 11.4 Å². The molecule has 2 aromatic rings. The molecule has 3 heteroatoms. The minimum absolute atomic E-state index is 0.140. The van der Waals surface area contributed by atoms with Gasteiger partial charge in [0.15, 0.2) is 0 Å². The van der Waals surface area contributed by atoms with Crippen molar-refractivity contribution in [2.24, 2.45) is 0 Å². The molecule has 1 unspecified atom stereocenters. The SMILES string of the molecule is C=CCN1C(=O)C2CC=CCN2c2ccccc2-c2ccccc21. The van der Waals surface area contributed by atoms with E-state index in [1.54, 1.807) is 6.08 Å². The molecule has 0 spiro atoms. The molecule has 2 aliphatic rings. The molecule has 0 aromatic heterocycles. The highest BCUT2D eigenvalue weighted by Crippen LogP contribution is 2.41. The summed E-state index contributed by atoms with van der Waals surface area (Å²) in [6.07, 6.45) is 6.79. The third-order valence-corrected chi connectivity index (χ3v) is 4.77. The third kappa shape index (κ3) is 2.24. The van der Waals surface area contributed by atoms with Gasteiger partial charge in [-0.05, 0) is 18.6 Å². The summed E-state index contributed by atoms with van der Waals surface area (Å²) in [6, 6.07) is 16.4. The van der Waals surface area contributed by atoms with Crippen molar-refractivity contribution in [1.82, 2.24) is 0 Å². The topological polar surface area (TPSA) is 23.6 Å². The number of carbonyl (C=O) groups excluding carboxylic acids is 1. The zero-order chi connectivity index (χ0) is 16.5. The third-order valence-electron chi connectivity index (χ3n) is 4.77. The van der Waals surface area contributed by atoms with Gasteiger partial charge in [-0.2, -0.15) is 0 Å². The van der Waals surface area contributed by atoms with Crippen LogP contribution in [0.5, 0.6) is 0 Å². The van der Waals surface area contributed by atoms with Crippen LogP contribution in [0.25, 0.3) is 11.1 Å². The van der Waals surface area contributed by atoms with E-state index in [0.29, 0.717) is 6.54 Å². The molecule has 1 atom stereocenters. The summed E-state index contributed by atoms with van der Waals surface area (Å²) in [5, 5.41) is 0. The molecule has 0 bridgehead atoms. The van der Waals surface area contributed by atoms with Crippen LogP contribution in [-0.2, 0) is 4.79 Å². The molecular formula is C21H20N2O. The van der Waals surface area contributed by atoms with Gasteiger partial charge < -0.3 is 9.80 Å². The Bertz CT molecular complexity index is 824. The van der Waals surface area contributed by atoms with Crippen molar-refractivity contribution in [3.05, 3.63) is 73.3 Å². The fraction of sp³-hybridized carbons (Fsp3) is 0.190. The van der Waals surface area contributed by atoms with Crippen LogP contribution in [0.2, 0.25) is 0 Å². The number of rotatable bonds is 2. The maximum Gasteiger partial charge on any atom is 0.250 e. The number of hydrogen-bond donors (Lipinski definition) is 0. The maximum atomic E-state index is 13.3. The highest BCUT2D eigenvalue weighted by molar-refractivity contribution is 6.06. The summed E-state index contributed by atoms with van der Waals surface area (Å²) in [4.78, 5) is 17.4. The first-order chi connectivity index (χ1) is 11.8. The summed E-state index contributed by atoms with van der Waals surface area (Å²) in [5.41, 5.74) is 4.36. The van der Waals surface area contributed by atoms with Gasteiger partial charge in [-0.3, -0.25) is 4.79 Å². The average molecular weight is 316 g/mol. The van der Waals surface area contributed by atoms with Crippen molar-refractivity contribution in [3.63, 3.8) is 0 Å². The molecule has 3 nitrogen and oxygen atoms in total. The molecule has 0 saturated heterocycles. The van der Waals surface area contributed by atoms with Crippen molar-refractivity contribution in [2.45, 2.75) is 12.5 Å². The van der Waals surface area contributed by atoms with Gasteiger partial charge in [-0.15, -0.1) is 6.58 Å². The van der Waals surface area contributed by atoms with Gasteiger partial charge >= 0.3 is 0 Å². The lowest BCUT2D eigenvalue weighted by Gasteiger charge is -2.40. The summed E-state index contributed by atoms with van der Waals surface area (Å²) in [5.74, 6) is 0.140. The number of amides is 1. The normalized spacial score (nSPS) is 19.0. The van der Waals surface area contributed by atoms with E-state index in [1.165, 1.54) is 5.56 Å². The second-order valence-corrected chi connectivity index (χ2v) is 6.15. The van der Waals surface area contributed by atoms with Gasteiger partial charge in [0.25, 0.3) is 0 Å². The van der Waals surface area contributed by atoms with E-state index in [1.807, 2.05) is 29.2 Å². The average Bonchev–Trinajstić information content (AvgIpc) is 2.65. The van der Waals surface area contributed by atoms with Gasteiger partial charge in [-0.1, -0.05) is 54.6 Å². The van der Waals surface area contributed by atoms with Crippen LogP contribution >= 0.6 is 0 Å².